The van der Waals surface area contributed by atoms with Gasteiger partial charge in [-0.25, -0.2) is 0 Å². The van der Waals surface area contributed by atoms with Crippen molar-refractivity contribution in [1.29, 1.82) is 0 Å². The highest BCUT2D eigenvalue weighted by atomic mass is 16.6. The highest BCUT2D eigenvalue weighted by Crippen LogP contribution is 2.24. The molecular weight excluding hydrogens is 340 g/mol. The minimum Gasteiger partial charge on any atom is -0.618 e. The van der Waals surface area contributed by atoms with Crippen LogP contribution < -0.4 is 9.47 Å². The summed E-state index contributed by atoms with van der Waals surface area (Å²) in [4.78, 5) is 36.2. The van der Waals surface area contributed by atoms with Crippen molar-refractivity contribution >= 4 is 17.8 Å². The van der Waals surface area contributed by atoms with Gasteiger partial charge in [-0.05, 0) is 26.8 Å². The molecular formula is C18H26N2O6. The highest BCUT2D eigenvalue weighted by Gasteiger charge is 2.33. The third-order valence-corrected chi connectivity index (χ3v) is 3.73. The Morgan fingerprint density at radius 2 is 1.73 bits per heavy atom. The number of nitrogens with zero attached hydrogens (tertiary/aromatic N) is 2. The van der Waals surface area contributed by atoms with Gasteiger partial charge in [0.25, 0.3) is 0 Å². The topological polar surface area (TPSA) is 99.8 Å². The van der Waals surface area contributed by atoms with Gasteiger partial charge in [0.2, 0.25) is 23.4 Å². The van der Waals surface area contributed by atoms with Gasteiger partial charge in [0.1, 0.15) is 0 Å². The van der Waals surface area contributed by atoms with Crippen LogP contribution in [0.1, 0.15) is 59.0 Å². The van der Waals surface area contributed by atoms with E-state index in [0.29, 0.717) is 4.73 Å². The molecule has 1 heterocycles. The first-order valence-corrected chi connectivity index (χ1v) is 8.21. The third-order valence-electron chi connectivity index (χ3n) is 3.73. The molecule has 26 heavy (non-hydrogen) atoms. The Morgan fingerprint density at radius 3 is 2.15 bits per heavy atom. The summed E-state index contributed by atoms with van der Waals surface area (Å²) < 4.78 is 10.8. The normalized spacial score (nSPS) is 12.3. The Hall–Kier alpha value is -2.64. The number of esters is 2. The van der Waals surface area contributed by atoms with Gasteiger partial charge >= 0.3 is 11.9 Å². The molecule has 1 aromatic rings. The summed E-state index contributed by atoms with van der Waals surface area (Å²) in [7, 11) is 0. The number of carbonyl (C=O) groups excluding carboxylic acids is 3. The first-order valence-electron chi connectivity index (χ1n) is 8.21. The van der Waals surface area contributed by atoms with E-state index in [4.69, 9.17) is 9.47 Å². The summed E-state index contributed by atoms with van der Waals surface area (Å²) in [6, 6.07) is 2.89. The molecule has 144 valence electrons. The lowest BCUT2D eigenvalue weighted by Crippen LogP contribution is -2.49. The van der Waals surface area contributed by atoms with Crippen molar-refractivity contribution in [3.63, 3.8) is 0 Å². The Kier molecular flexibility index (Phi) is 6.72. The second-order valence-corrected chi connectivity index (χ2v) is 6.99. The van der Waals surface area contributed by atoms with Crippen LogP contribution >= 0.6 is 0 Å². The molecule has 0 aliphatic carbocycles. The largest absolute Gasteiger partial charge is 0.618 e. The van der Waals surface area contributed by atoms with Crippen molar-refractivity contribution in [2.45, 2.75) is 60.1 Å². The maximum Gasteiger partial charge on any atom is 0.308 e. The van der Waals surface area contributed by atoms with E-state index in [1.165, 1.54) is 44.7 Å². The lowest BCUT2D eigenvalue weighted by molar-refractivity contribution is -0.625. The summed E-state index contributed by atoms with van der Waals surface area (Å²) >= 11 is 0. The first-order chi connectivity index (χ1) is 11.8. The molecule has 0 aromatic carbocycles. The van der Waals surface area contributed by atoms with E-state index in [-0.39, 0.29) is 29.6 Å². The van der Waals surface area contributed by atoms with Gasteiger partial charge in [-0.15, -0.1) is 0 Å². The zero-order chi connectivity index (χ0) is 20.2. The summed E-state index contributed by atoms with van der Waals surface area (Å²) in [5.41, 5.74) is -0.228. The molecule has 0 bridgehead atoms. The lowest BCUT2D eigenvalue weighted by atomic mass is 10.0. The van der Waals surface area contributed by atoms with Gasteiger partial charge < -0.3 is 19.6 Å². The Balaban J connectivity index is 3.33. The number of pyridine rings is 1. The second kappa shape index (κ2) is 8.16. The molecule has 1 amide bonds. The van der Waals surface area contributed by atoms with Gasteiger partial charge in [-0.3, -0.25) is 14.4 Å². The number of amides is 1. The number of rotatable bonds is 5. The lowest BCUT2D eigenvalue weighted by Gasteiger charge is -2.36. The number of aromatic nitrogens is 1. The molecule has 0 spiro atoms. The predicted molar refractivity (Wildman–Crippen MR) is 93.1 cm³/mol. The molecule has 8 nitrogen and oxygen atoms in total. The van der Waals surface area contributed by atoms with E-state index in [1.807, 2.05) is 20.8 Å². The van der Waals surface area contributed by atoms with E-state index in [1.54, 1.807) is 0 Å². The molecule has 1 atom stereocenters. The van der Waals surface area contributed by atoms with Crippen molar-refractivity contribution in [3.05, 3.63) is 28.7 Å². The Labute approximate surface area is 153 Å². The molecule has 0 radical (unpaired) electrons. The van der Waals surface area contributed by atoms with E-state index in [0.717, 1.165) is 0 Å². The molecule has 0 saturated carbocycles. The molecule has 1 aromatic heterocycles. The second-order valence-electron chi connectivity index (χ2n) is 6.99. The number of hydrogen-bond acceptors (Lipinski definition) is 6. The van der Waals surface area contributed by atoms with Crippen molar-refractivity contribution in [1.82, 2.24) is 4.90 Å². The molecule has 0 fully saturated rings. The van der Waals surface area contributed by atoms with E-state index >= 15 is 0 Å². The molecule has 1 unspecified atom stereocenters. The van der Waals surface area contributed by atoms with E-state index < -0.39 is 23.6 Å². The average molecular weight is 366 g/mol. The summed E-state index contributed by atoms with van der Waals surface area (Å²) in [6.07, 6.45) is -0.960. The van der Waals surface area contributed by atoms with Crippen LogP contribution in [0.4, 0.5) is 0 Å². The van der Waals surface area contributed by atoms with Crippen LogP contribution in [0.2, 0.25) is 0 Å². The molecule has 0 N–H and O–H groups in total. The predicted octanol–water partition coefficient (Wildman–Crippen LogP) is 1.80. The standard InChI is InChI=1S/C18H26N2O6/c1-11-16(25-13(3)22)9-8-15(20(11)24)17(26-14(4)23)10-19(12(2)21)18(5,6)7/h8-9,17H,10H2,1-7H3. The van der Waals surface area contributed by atoms with Crippen LogP contribution in [0.15, 0.2) is 12.1 Å². The molecule has 8 heteroatoms. The molecule has 0 aliphatic heterocycles. The number of carbonyl (C=O) groups is 3. The third kappa shape index (κ3) is 5.44. The smallest absolute Gasteiger partial charge is 0.308 e. The SMILES string of the molecule is CC(=O)Oc1ccc(C(CN(C(C)=O)C(C)(C)C)OC(C)=O)[n+]([O-])c1C. The van der Waals surface area contributed by atoms with Crippen LogP contribution in [0.5, 0.6) is 5.75 Å². The quantitative estimate of drug-likeness (QED) is 0.448. The van der Waals surface area contributed by atoms with Gasteiger partial charge in [0, 0.05) is 39.3 Å². The van der Waals surface area contributed by atoms with Crippen LogP contribution in [0, 0.1) is 12.1 Å². The van der Waals surface area contributed by atoms with E-state index in [2.05, 4.69) is 0 Å². The van der Waals surface area contributed by atoms with Crippen LogP contribution in [-0.4, -0.2) is 34.8 Å². The van der Waals surface area contributed by atoms with Crippen LogP contribution in [0.25, 0.3) is 0 Å². The van der Waals surface area contributed by atoms with Crippen molar-refractivity contribution in [3.8, 4) is 5.75 Å². The van der Waals surface area contributed by atoms with Crippen LogP contribution in [-0.2, 0) is 19.1 Å². The maximum absolute atomic E-state index is 12.6. The van der Waals surface area contributed by atoms with Gasteiger partial charge in [0.15, 0.2) is 5.75 Å². The van der Waals surface area contributed by atoms with Gasteiger partial charge in [-0.2, -0.15) is 4.73 Å². The fourth-order valence-corrected chi connectivity index (χ4v) is 2.58. The summed E-state index contributed by atoms with van der Waals surface area (Å²) in [5, 5.41) is 12.6. The fraction of sp³-hybridized carbons (Fsp3) is 0.556. The fourth-order valence-electron chi connectivity index (χ4n) is 2.58. The average Bonchev–Trinajstić information content (AvgIpc) is 2.46. The molecule has 1 rings (SSSR count). The zero-order valence-electron chi connectivity index (χ0n) is 16.3. The Morgan fingerprint density at radius 1 is 1.15 bits per heavy atom. The van der Waals surface area contributed by atoms with Gasteiger partial charge in [-0.1, -0.05) is 0 Å². The highest BCUT2D eigenvalue weighted by molar-refractivity contribution is 5.74. The minimum absolute atomic E-state index is 0.0208. The van der Waals surface area contributed by atoms with Crippen LogP contribution in [0.3, 0.4) is 0 Å². The monoisotopic (exact) mass is 366 g/mol. The summed E-state index contributed by atoms with van der Waals surface area (Å²) in [5.74, 6) is -1.21. The zero-order valence-corrected chi connectivity index (χ0v) is 16.3. The van der Waals surface area contributed by atoms with E-state index in [9.17, 15) is 19.6 Å². The summed E-state index contributed by atoms with van der Waals surface area (Å²) in [6.45, 7) is 10.9. The van der Waals surface area contributed by atoms with Crippen molar-refractivity contribution in [2.24, 2.45) is 0 Å². The van der Waals surface area contributed by atoms with Crippen molar-refractivity contribution < 1.29 is 28.6 Å². The molecule has 0 saturated heterocycles. The molecule has 0 aliphatic rings. The maximum atomic E-state index is 12.6. The first kappa shape index (κ1) is 21.4. The minimum atomic E-state index is -0.960. The Bertz CT molecular complexity index is 708. The number of hydrogen-bond donors (Lipinski definition) is 0. The number of ether oxygens (including phenoxy) is 2. The van der Waals surface area contributed by atoms with Crippen molar-refractivity contribution in [2.75, 3.05) is 6.54 Å². The van der Waals surface area contributed by atoms with Gasteiger partial charge in [0.05, 0.1) is 6.54 Å².